The van der Waals surface area contributed by atoms with E-state index < -0.39 is 0 Å². The van der Waals surface area contributed by atoms with Crippen LogP contribution in [-0.2, 0) is 0 Å². The first kappa shape index (κ1) is 11.2. The van der Waals surface area contributed by atoms with E-state index in [1.165, 1.54) is 38.5 Å². The highest BCUT2D eigenvalue weighted by atomic mass is 32.1. The fourth-order valence-electron chi connectivity index (χ4n) is 2.37. The molecule has 0 spiro atoms. The van der Waals surface area contributed by atoms with Gasteiger partial charge in [-0.25, -0.2) is 0 Å². The molecule has 0 aliphatic heterocycles. The molecular formula is C12H22N2S. The Morgan fingerprint density at radius 1 is 1.13 bits per heavy atom. The lowest BCUT2D eigenvalue weighted by Crippen LogP contribution is -2.50. The zero-order valence-corrected chi connectivity index (χ0v) is 10.6. The summed E-state index contributed by atoms with van der Waals surface area (Å²) in [6.45, 7) is 4.70. The molecule has 0 aromatic rings. The lowest BCUT2D eigenvalue weighted by molar-refractivity contribution is 0.185. The van der Waals surface area contributed by atoms with Gasteiger partial charge in [-0.1, -0.05) is 26.7 Å². The Morgan fingerprint density at radius 3 is 2.47 bits per heavy atom. The second-order valence-electron chi connectivity index (χ2n) is 5.68. The number of rotatable bonds is 2. The SMILES string of the molecule is CC1(C)CCCCC1NC(=S)NC1CC1. The van der Waals surface area contributed by atoms with E-state index in [1.807, 2.05) is 0 Å². The van der Waals surface area contributed by atoms with Crippen molar-refractivity contribution in [1.82, 2.24) is 10.6 Å². The Labute approximate surface area is 98.2 Å². The van der Waals surface area contributed by atoms with Crippen molar-refractivity contribution in [2.45, 2.75) is 64.5 Å². The first-order valence-corrected chi connectivity index (χ1v) is 6.56. The third-order valence-electron chi connectivity index (χ3n) is 3.73. The largest absolute Gasteiger partial charge is 0.360 e. The number of nitrogens with one attached hydrogen (secondary N) is 2. The summed E-state index contributed by atoms with van der Waals surface area (Å²) in [6, 6.07) is 1.22. The van der Waals surface area contributed by atoms with E-state index in [-0.39, 0.29) is 0 Å². The molecule has 1 atom stereocenters. The normalized spacial score (nSPS) is 29.6. The van der Waals surface area contributed by atoms with Crippen LogP contribution in [0.25, 0.3) is 0 Å². The molecule has 2 fully saturated rings. The Balaban J connectivity index is 1.82. The average Bonchev–Trinajstić information content (AvgIpc) is 2.92. The van der Waals surface area contributed by atoms with E-state index in [9.17, 15) is 0 Å². The summed E-state index contributed by atoms with van der Waals surface area (Å²) in [5.74, 6) is 0. The average molecular weight is 226 g/mol. The van der Waals surface area contributed by atoms with Crippen LogP contribution in [0, 0.1) is 5.41 Å². The van der Waals surface area contributed by atoms with Crippen molar-refractivity contribution in [2.75, 3.05) is 0 Å². The van der Waals surface area contributed by atoms with E-state index >= 15 is 0 Å². The minimum Gasteiger partial charge on any atom is -0.360 e. The van der Waals surface area contributed by atoms with Gasteiger partial charge in [-0.3, -0.25) is 0 Å². The highest BCUT2D eigenvalue weighted by Gasteiger charge is 2.33. The molecule has 0 aromatic carbocycles. The molecule has 0 heterocycles. The standard InChI is InChI=1S/C12H22N2S/c1-12(2)8-4-3-5-10(12)14-11(15)13-9-6-7-9/h9-10H,3-8H2,1-2H3,(H2,13,14,15). The summed E-state index contributed by atoms with van der Waals surface area (Å²) < 4.78 is 0. The van der Waals surface area contributed by atoms with Crippen LogP contribution in [0.15, 0.2) is 0 Å². The first-order valence-electron chi connectivity index (χ1n) is 6.15. The Bertz CT molecular complexity index is 246. The molecule has 2 rings (SSSR count). The number of thiocarbonyl (C=S) groups is 1. The van der Waals surface area contributed by atoms with Crippen LogP contribution in [0.4, 0.5) is 0 Å². The second-order valence-corrected chi connectivity index (χ2v) is 6.09. The summed E-state index contributed by atoms with van der Waals surface area (Å²) in [6.07, 6.45) is 7.86. The molecule has 0 bridgehead atoms. The predicted octanol–water partition coefficient (Wildman–Crippen LogP) is 2.58. The summed E-state index contributed by atoms with van der Waals surface area (Å²) >= 11 is 5.33. The van der Waals surface area contributed by atoms with E-state index in [0.717, 1.165) is 5.11 Å². The molecule has 2 saturated carbocycles. The second kappa shape index (κ2) is 4.28. The van der Waals surface area contributed by atoms with Gasteiger partial charge < -0.3 is 10.6 Å². The zero-order valence-electron chi connectivity index (χ0n) is 9.81. The maximum Gasteiger partial charge on any atom is 0.166 e. The van der Waals surface area contributed by atoms with Crippen LogP contribution in [0.3, 0.4) is 0 Å². The van der Waals surface area contributed by atoms with Crippen molar-refractivity contribution < 1.29 is 0 Å². The van der Waals surface area contributed by atoms with Gasteiger partial charge in [0.15, 0.2) is 5.11 Å². The quantitative estimate of drug-likeness (QED) is 0.708. The maximum absolute atomic E-state index is 5.33. The molecule has 0 amide bonds. The van der Waals surface area contributed by atoms with Crippen molar-refractivity contribution in [3.05, 3.63) is 0 Å². The summed E-state index contributed by atoms with van der Waals surface area (Å²) in [5, 5.41) is 7.73. The fraction of sp³-hybridized carbons (Fsp3) is 0.917. The Hall–Kier alpha value is -0.310. The van der Waals surface area contributed by atoms with Crippen LogP contribution >= 0.6 is 12.2 Å². The van der Waals surface area contributed by atoms with E-state index in [0.29, 0.717) is 17.5 Å². The van der Waals surface area contributed by atoms with Gasteiger partial charge in [0.1, 0.15) is 0 Å². The Morgan fingerprint density at radius 2 is 1.87 bits per heavy atom. The van der Waals surface area contributed by atoms with Crippen LogP contribution in [-0.4, -0.2) is 17.2 Å². The summed E-state index contributed by atoms with van der Waals surface area (Å²) in [7, 11) is 0. The lowest BCUT2D eigenvalue weighted by atomic mass is 9.73. The van der Waals surface area contributed by atoms with E-state index in [2.05, 4.69) is 24.5 Å². The highest BCUT2D eigenvalue weighted by Crippen LogP contribution is 2.35. The van der Waals surface area contributed by atoms with E-state index in [4.69, 9.17) is 12.2 Å². The fourth-order valence-corrected chi connectivity index (χ4v) is 2.68. The van der Waals surface area contributed by atoms with Crippen molar-refractivity contribution >= 4 is 17.3 Å². The third kappa shape index (κ3) is 3.07. The molecular weight excluding hydrogens is 204 g/mol. The van der Waals surface area contributed by atoms with Crippen molar-refractivity contribution in [3.8, 4) is 0 Å². The lowest BCUT2D eigenvalue weighted by Gasteiger charge is -2.39. The number of hydrogen-bond acceptors (Lipinski definition) is 1. The minimum atomic E-state index is 0.396. The van der Waals surface area contributed by atoms with Crippen molar-refractivity contribution in [1.29, 1.82) is 0 Å². The highest BCUT2D eigenvalue weighted by molar-refractivity contribution is 7.80. The van der Waals surface area contributed by atoms with Gasteiger partial charge in [0.05, 0.1) is 0 Å². The van der Waals surface area contributed by atoms with Gasteiger partial charge in [0.25, 0.3) is 0 Å². The summed E-state index contributed by atoms with van der Waals surface area (Å²) in [5.41, 5.74) is 0.396. The molecule has 2 N–H and O–H groups in total. The molecule has 2 aliphatic rings. The minimum absolute atomic E-state index is 0.396. The molecule has 15 heavy (non-hydrogen) atoms. The van der Waals surface area contributed by atoms with Crippen molar-refractivity contribution in [3.63, 3.8) is 0 Å². The molecule has 0 aromatic heterocycles. The zero-order chi connectivity index (χ0) is 10.9. The van der Waals surface area contributed by atoms with Gasteiger partial charge in [-0.2, -0.15) is 0 Å². The maximum atomic E-state index is 5.33. The monoisotopic (exact) mass is 226 g/mol. The molecule has 2 nitrogen and oxygen atoms in total. The van der Waals surface area contributed by atoms with Crippen LogP contribution in [0.5, 0.6) is 0 Å². The molecule has 0 saturated heterocycles. The van der Waals surface area contributed by atoms with Crippen LogP contribution < -0.4 is 10.6 Å². The molecule has 3 heteroatoms. The van der Waals surface area contributed by atoms with E-state index in [1.54, 1.807) is 0 Å². The first-order chi connectivity index (χ1) is 7.08. The van der Waals surface area contributed by atoms with Crippen LogP contribution in [0.2, 0.25) is 0 Å². The van der Waals surface area contributed by atoms with Gasteiger partial charge >= 0.3 is 0 Å². The molecule has 0 radical (unpaired) electrons. The smallest absolute Gasteiger partial charge is 0.166 e. The molecule has 86 valence electrons. The van der Waals surface area contributed by atoms with Gasteiger partial charge in [0.2, 0.25) is 0 Å². The topological polar surface area (TPSA) is 24.1 Å². The van der Waals surface area contributed by atoms with Crippen molar-refractivity contribution in [2.24, 2.45) is 5.41 Å². The van der Waals surface area contributed by atoms with Crippen LogP contribution in [0.1, 0.15) is 52.4 Å². The van der Waals surface area contributed by atoms with Gasteiger partial charge in [-0.05, 0) is 43.3 Å². The van der Waals surface area contributed by atoms with Gasteiger partial charge in [0, 0.05) is 12.1 Å². The Kier molecular flexibility index (Phi) is 3.19. The molecule has 2 aliphatic carbocycles. The third-order valence-corrected chi connectivity index (χ3v) is 3.96. The molecule has 1 unspecified atom stereocenters. The summed E-state index contributed by atoms with van der Waals surface area (Å²) in [4.78, 5) is 0. The predicted molar refractivity (Wildman–Crippen MR) is 67.9 cm³/mol. The number of hydrogen-bond donors (Lipinski definition) is 2. The van der Waals surface area contributed by atoms with Gasteiger partial charge in [-0.15, -0.1) is 0 Å².